The Kier molecular flexibility index (Phi) is 2.29. The summed E-state index contributed by atoms with van der Waals surface area (Å²) in [6, 6.07) is 0. The number of hydrogen-bond donors (Lipinski definition) is 0. The highest BCUT2D eigenvalue weighted by atomic mass is 16.1. The van der Waals surface area contributed by atoms with E-state index in [1.807, 2.05) is 0 Å². The minimum Gasteiger partial charge on any atom is -0.295 e. The number of Topliss-reactive ketones (excluding diaryl/α,β-unsaturated/α-hetero) is 1. The molecule has 0 heterocycles. The summed E-state index contributed by atoms with van der Waals surface area (Å²) >= 11 is 0. The molecule has 0 saturated carbocycles. The van der Waals surface area contributed by atoms with Crippen molar-refractivity contribution in [1.29, 1.82) is 0 Å². The van der Waals surface area contributed by atoms with E-state index in [1.165, 1.54) is 24.0 Å². The van der Waals surface area contributed by atoms with E-state index < -0.39 is 0 Å². The molecule has 78 valence electrons. The lowest BCUT2D eigenvalue weighted by atomic mass is 9.71. The Hall–Kier alpha value is -0.590. The minimum absolute atomic E-state index is 0.363. The molecule has 2 rings (SSSR count). The maximum absolute atomic E-state index is 11.6. The molecule has 0 fully saturated rings. The first-order valence-corrected chi connectivity index (χ1v) is 5.72. The van der Waals surface area contributed by atoms with Crippen LogP contribution < -0.4 is 0 Å². The van der Waals surface area contributed by atoms with Gasteiger partial charge < -0.3 is 0 Å². The van der Waals surface area contributed by atoms with Crippen molar-refractivity contribution in [3.63, 3.8) is 0 Å². The molecule has 1 nitrogen and oxygen atoms in total. The molecule has 0 amide bonds. The molecule has 2 aliphatic rings. The molecule has 0 aromatic rings. The number of carbonyl (C=O) groups is 1. The van der Waals surface area contributed by atoms with E-state index >= 15 is 0 Å². The van der Waals surface area contributed by atoms with Crippen molar-refractivity contribution in [2.45, 2.75) is 52.9 Å². The van der Waals surface area contributed by atoms with Gasteiger partial charge in [0, 0.05) is 6.42 Å². The molecule has 0 N–H and O–H groups in total. The van der Waals surface area contributed by atoms with Crippen LogP contribution in [0.15, 0.2) is 11.1 Å². The molecule has 0 aromatic carbocycles. The van der Waals surface area contributed by atoms with Crippen molar-refractivity contribution in [3.05, 3.63) is 11.1 Å². The average molecular weight is 192 g/mol. The van der Waals surface area contributed by atoms with Gasteiger partial charge in [-0.3, -0.25) is 4.79 Å². The maximum atomic E-state index is 11.6. The van der Waals surface area contributed by atoms with Crippen LogP contribution in [0, 0.1) is 11.3 Å². The van der Waals surface area contributed by atoms with E-state index in [-0.39, 0.29) is 0 Å². The largest absolute Gasteiger partial charge is 0.295 e. The summed E-state index contributed by atoms with van der Waals surface area (Å²) in [6.45, 7) is 6.88. The second-order valence-electron chi connectivity index (χ2n) is 5.81. The molecule has 1 unspecified atom stereocenters. The van der Waals surface area contributed by atoms with Crippen LogP contribution in [0.2, 0.25) is 0 Å². The van der Waals surface area contributed by atoms with Gasteiger partial charge in [-0.15, -0.1) is 0 Å². The molecule has 0 radical (unpaired) electrons. The van der Waals surface area contributed by atoms with Crippen LogP contribution in [-0.2, 0) is 4.79 Å². The topological polar surface area (TPSA) is 17.1 Å². The molecular weight excluding hydrogens is 172 g/mol. The first-order chi connectivity index (χ1) is 6.48. The van der Waals surface area contributed by atoms with Crippen molar-refractivity contribution in [2.24, 2.45) is 11.3 Å². The third-order valence-electron chi connectivity index (χ3n) is 3.89. The van der Waals surface area contributed by atoms with Crippen molar-refractivity contribution in [1.82, 2.24) is 0 Å². The Morgan fingerprint density at radius 3 is 2.50 bits per heavy atom. The van der Waals surface area contributed by atoms with Crippen LogP contribution in [0.4, 0.5) is 0 Å². The van der Waals surface area contributed by atoms with E-state index in [2.05, 4.69) is 20.8 Å². The van der Waals surface area contributed by atoms with E-state index in [0.717, 1.165) is 19.3 Å². The summed E-state index contributed by atoms with van der Waals surface area (Å²) in [5.74, 6) is 1.15. The van der Waals surface area contributed by atoms with Crippen LogP contribution in [0.3, 0.4) is 0 Å². The fraction of sp³-hybridized carbons (Fsp3) is 0.769. The molecular formula is C13H20O. The van der Waals surface area contributed by atoms with E-state index in [0.29, 0.717) is 17.1 Å². The SMILES string of the molecule is CC(C)(C)C1CCC2=C(C1)C(=O)CC2. The fourth-order valence-corrected chi connectivity index (χ4v) is 2.73. The smallest absolute Gasteiger partial charge is 0.159 e. The fourth-order valence-electron chi connectivity index (χ4n) is 2.73. The van der Waals surface area contributed by atoms with Crippen molar-refractivity contribution < 1.29 is 4.79 Å². The van der Waals surface area contributed by atoms with Crippen molar-refractivity contribution >= 4 is 5.78 Å². The van der Waals surface area contributed by atoms with Crippen molar-refractivity contribution in [3.8, 4) is 0 Å². The van der Waals surface area contributed by atoms with Gasteiger partial charge in [-0.2, -0.15) is 0 Å². The monoisotopic (exact) mass is 192 g/mol. The second-order valence-corrected chi connectivity index (χ2v) is 5.81. The Balaban J connectivity index is 2.16. The maximum Gasteiger partial charge on any atom is 0.159 e. The Morgan fingerprint density at radius 1 is 1.14 bits per heavy atom. The zero-order chi connectivity index (χ0) is 10.3. The molecule has 1 atom stereocenters. The number of rotatable bonds is 0. The summed E-state index contributed by atoms with van der Waals surface area (Å²) in [6.07, 6.45) is 5.38. The first kappa shape index (κ1) is 9.95. The molecule has 0 bridgehead atoms. The number of allylic oxidation sites excluding steroid dienone is 2. The van der Waals surface area contributed by atoms with Gasteiger partial charge in [-0.1, -0.05) is 26.3 Å². The third kappa shape index (κ3) is 1.65. The highest BCUT2D eigenvalue weighted by Gasteiger charge is 2.34. The predicted octanol–water partition coefficient (Wildman–Crippen LogP) is 3.49. The molecule has 0 aliphatic heterocycles. The Morgan fingerprint density at radius 2 is 1.86 bits per heavy atom. The molecule has 14 heavy (non-hydrogen) atoms. The molecule has 2 aliphatic carbocycles. The standard InChI is InChI=1S/C13H20O/c1-13(2,3)10-6-4-9-5-7-12(14)11(9)8-10/h10H,4-8H2,1-3H3. The van der Waals surface area contributed by atoms with Crippen LogP contribution >= 0.6 is 0 Å². The summed E-state index contributed by atoms with van der Waals surface area (Å²) in [7, 11) is 0. The summed E-state index contributed by atoms with van der Waals surface area (Å²) in [5, 5.41) is 0. The number of carbonyl (C=O) groups excluding carboxylic acids is 1. The lowest BCUT2D eigenvalue weighted by Gasteiger charge is -2.34. The summed E-state index contributed by atoms with van der Waals surface area (Å²) < 4.78 is 0. The third-order valence-corrected chi connectivity index (χ3v) is 3.89. The normalized spacial score (nSPS) is 28.2. The molecule has 0 spiro atoms. The zero-order valence-corrected chi connectivity index (χ0v) is 9.52. The van der Waals surface area contributed by atoms with Crippen LogP contribution in [0.1, 0.15) is 52.9 Å². The lowest BCUT2D eigenvalue weighted by Crippen LogP contribution is -2.24. The second kappa shape index (κ2) is 3.22. The summed E-state index contributed by atoms with van der Waals surface area (Å²) in [5.41, 5.74) is 3.05. The van der Waals surface area contributed by atoms with Gasteiger partial charge in [0.25, 0.3) is 0 Å². The number of hydrogen-bond acceptors (Lipinski definition) is 1. The van der Waals surface area contributed by atoms with Gasteiger partial charge in [0.05, 0.1) is 0 Å². The Labute approximate surface area is 86.6 Å². The lowest BCUT2D eigenvalue weighted by molar-refractivity contribution is -0.115. The zero-order valence-electron chi connectivity index (χ0n) is 9.52. The van der Waals surface area contributed by atoms with Crippen LogP contribution in [-0.4, -0.2) is 5.78 Å². The van der Waals surface area contributed by atoms with Gasteiger partial charge in [-0.05, 0) is 42.6 Å². The molecule has 0 saturated heterocycles. The Bertz CT molecular complexity index is 291. The molecule has 1 heteroatoms. The van der Waals surface area contributed by atoms with Gasteiger partial charge in [-0.25, -0.2) is 0 Å². The quantitative estimate of drug-likeness (QED) is 0.574. The van der Waals surface area contributed by atoms with Gasteiger partial charge in [0.2, 0.25) is 0 Å². The molecule has 0 aromatic heterocycles. The van der Waals surface area contributed by atoms with E-state index in [4.69, 9.17) is 0 Å². The van der Waals surface area contributed by atoms with Gasteiger partial charge >= 0.3 is 0 Å². The van der Waals surface area contributed by atoms with Crippen LogP contribution in [0.25, 0.3) is 0 Å². The highest BCUT2D eigenvalue weighted by molar-refractivity contribution is 5.98. The van der Waals surface area contributed by atoms with Crippen LogP contribution in [0.5, 0.6) is 0 Å². The number of ketones is 1. The van der Waals surface area contributed by atoms with E-state index in [1.54, 1.807) is 0 Å². The van der Waals surface area contributed by atoms with Gasteiger partial charge in [0.15, 0.2) is 5.78 Å². The van der Waals surface area contributed by atoms with E-state index in [9.17, 15) is 4.79 Å². The van der Waals surface area contributed by atoms with Crippen molar-refractivity contribution in [2.75, 3.05) is 0 Å². The summed E-state index contributed by atoms with van der Waals surface area (Å²) in [4.78, 5) is 11.6. The first-order valence-electron chi connectivity index (χ1n) is 5.72. The predicted molar refractivity (Wildman–Crippen MR) is 58.1 cm³/mol. The van der Waals surface area contributed by atoms with Gasteiger partial charge in [0.1, 0.15) is 0 Å². The highest BCUT2D eigenvalue weighted by Crippen LogP contribution is 2.44. The average Bonchev–Trinajstić information content (AvgIpc) is 2.46. The minimum atomic E-state index is 0.363.